The summed E-state index contributed by atoms with van der Waals surface area (Å²) in [6, 6.07) is 2.32. The molecule has 1 saturated heterocycles. The maximum absolute atomic E-state index is 12.8. The molecule has 0 aromatic carbocycles. The molecule has 0 N–H and O–H groups in total. The third kappa shape index (κ3) is 2.78. The van der Waals surface area contributed by atoms with Crippen LogP contribution in [-0.4, -0.2) is 38.9 Å². The number of hydrogen-bond donors (Lipinski definition) is 0. The Labute approximate surface area is 124 Å². The van der Waals surface area contributed by atoms with Gasteiger partial charge >= 0.3 is 0 Å². The smallest absolute Gasteiger partial charge is 0.243 e. The quantitative estimate of drug-likeness (QED) is 0.846. The molecule has 1 aromatic heterocycles. The minimum absolute atomic E-state index is 0.0609. The number of carbonyl (C=O) groups excluding carboxylic acids is 1. The van der Waals surface area contributed by atoms with Crippen LogP contribution in [0.15, 0.2) is 12.4 Å². The number of nitrogens with zero attached hydrogens (tertiary/aromatic N) is 5. The summed E-state index contributed by atoms with van der Waals surface area (Å²) in [7, 11) is 0. The second-order valence-corrected chi connectivity index (χ2v) is 6.29. The Kier molecular flexibility index (Phi) is 3.91. The molecule has 3 rings (SSSR count). The van der Waals surface area contributed by atoms with Gasteiger partial charge in [0.05, 0.1) is 12.3 Å². The number of piperidine rings is 1. The molecule has 6 heteroatoms. The minimum atomic E-state index is -0.741. The van der Waals surface area contributed by atoms with E-state index in [2.05, 4.69) is 16.4 Å². The van der Waals surface area contributed by atoms with Crippen LogP contribution in [0.5, 0.6) is 0 Å². The molecule has 0 radical (unpaired) electrons. The Bertz CT molecular complexity index is 527. The molecule has 1 aromatic rings. The molecule has 2 aliphatic rings. The van der Waals surface area contributed by atoms with Crippen molar-refractivity contribution >= 4 is 5.91 Å². The molecule has 0 spiro atoms. The van der Waals surface area contributed by atoms with E-state index in [4.69, 9.17) is 0 Å². The summed E-state index contributed by atoms with van der Waals surface area (Å²) >= 11 is 0. The lowest BCUT2D eigenvalue weighted by molar-refractivity contribution is -0.140. The number of amides is 1. The fraction of sp³-hybridized carbons (Fsp3) is 0.733. The molecule has 1 aliphatic heterocycles. The van der Waals surface area contributed by atoms with Crippen molar-refractivity contribution in [1.82, 2.24) is 19.9 Å². The fourth-order valence-corrected chi connectivity index (χ4v) is 3.65. The molecule has 0 bridgehead atoms. The highest BCUT2D eigenvalue weighted by molar-refractivity contribution is 5.85. The zero-order chi connectivity index (χ0) is 14.7. The average Bonchev–Trinajstić information content (AvgIpc) is 3.18. The molecular formula is C15H21N5O. The summed E-state index contributed by atoms with van der Waals surface area (Å²) in [5.41, 5.74) is -0.741. The van der Waals surface area contributed by atoms with Crippen molar-refractivity contribution in [2.75, 3.05) is 13.1 Å². The van der Waals surface area contributed by atoms with E-state index in [0.29, 0.717) is 5.92 Å². The lowest BCUT2D eigenvalue weighted by Gasteiger charge is -2.36. The molecule has 1 amide bonds. The van der Waals surface area contributed by atoms with Gasteiger partial charge in [0, 0.05) is 25.8 Å². The highest BCUT2D eigenvalue weighted by atomic mass is 16.2. The Morgan fingerprint density at radius 1 is 1.38 bits per heavy atom. The maximum Gasteiger partial charge on any atom is 0.243 e. The highest BCUT2D eigenvalue weighted by Gasteiger charge is 2.44. The van der Waals surface area contributed by atoms with Gasteiger partial charge in [0.1, 0.15) is 5.41 Å². The average molecular weight is 287 g/mol. The van der Waals surface area contributed by atoms with E-state index < -0.39 is 5.41 Å². The Balaban J connectivity index is 1.65. The van der Waals surface area contributed by atoms with Crippen molar-refractivity contribution in [1.29, 1.82) is 5.26 Å². The summed E-state index contributed by atoms with van der Waals surface area (Å²) in [4.78, 5) is 14.7. The maximum atomic E-state index is 12.8. The van der Waals surface area contributed by atoms with Gasteiger partial charge in [-0.3, -0.25) is 9.48 Å². The molecule has 1 unspecified atom stereocenters. The second-order valence-electron chi connectivity index (χ2n) is 6.29. The van der Waals surface area contributed by atoms with Gasteiger partial charge in [0.2, 0.25) is 5.91 Å². The van der Waals surface area contributed by atoms with Crippen molar-refractivity contribution in [3.05, 3.63) is 12.4 Å². The van der Waals surface area contributed by atoms with Gasteiger partial charge in [-0.1, -0.05) is 18.1 Å². The van der Waals surface area contributed by atoms with Gasteiger partial charge < -0.3 is 4.90 Å². The van der Waals surface area contributed by atoms with Crippen LogP contribution in [0.4, 0.5) is 0 Å². The van der Waals surface area contributed by atoms with Crippen molar-refractivity contribution in [3.8, 4) is 6.07 Å². The van der Waals surface area contributed by atoms with Crippen molar-refractivity contribution in [2.45, 2.75) is 45.1 Å². The Morgan fingerprint density at radius 3 is 2.86 bits per heavy atom. The zero-order valence-electron chi connectivity index (χ0n) is 12.2. The van der Waals surface area contributed by atoms with Crippen molar-refractivity contribution < 1.29 is 4.79 Å². The number of nitriles is 1. The van der Waals surface area contributed by atoms with E-state index in [1.165, 1.54) is 0 Å². The van der Waals surface area contributed by atoms with E-state index in [0.717, 1.165) is 58.2 Å². The first-order valence-corrected chi connectivity index (χ1v) is 7.78. The SMILES string of the molecule is N#CC1(C(=O)N2CCCC(Cn3ccnn3)C2)CCCC1. The number of rotatable bonds is 3. The van der Waals surface area contributed by atoms with Crippen LogP contribution in [0, 0.1) is 22.7 Å². The molecule has 2 fully saturated rings. The molecule has 21 heavy (non-hydrogen) atoms. The summed E-state index contributed by atoms with van der Waals surface area (Å²) in [6.07, 6.45) is 9.09. The predicted octanol–water partition coefficient (Wildman–Crippen LogP) is 1.60. The van der Waals surface area contributed by atoms with Crippen LogP contribution < -0.4 is 0 Å². The summed E-state index contributed by atoms with van der Waals surface area (Å²) in [6.45, 7) is 2.32. The molecule has 1 aliphatic carbocycles. The first kappa shape index (κ1) is 14.1. The second kappa shape index (κ2) is 5.84. The minimum Gasteiger partial charge on any atom is -0.341 e. The third-order valence-corrected chi connectivity index (χ3v) is 4.80. The molecule has 1 saturated carbocycles. The van der Waals surface area contributed by atoms with Gasteiger partial charge in [-0.05, 0) is 31.6 Å². The molecular weight excluding hydrogens is 266 g/mol. The zero-order valence-corrected chi connectivity index (χ0v) is 12.2. The highest BCUT2D eigenvalue weighted by Crippen LogP contribution is 2.39. The third-order valence-electron chi connectivity index (χ3n) is 4.80. The Hall–Kier alpha value is -1.90. The van der Waals surface area contributed by atoms with Crippen molar-refractivity contribution in [2.24, 2.45) is 11.3 Å². The lowest BCUT2D eigenvalue weighted by atomic mass is 9.85. The first-order valence-electron chi connectivity index (χ1n) is 7.78. The standard InChI is InChI=1S/C15H21N5O/c16-12-15(5-1-2-6-15)14(21)19-8-3-4-13(10-19)11-20-9-7-17-18-20/h7,9,13H,1-6,8,10-11H2. The van der Waals surface area contributed by atoms with Crippen LogP contribution in [-0.2, 0) is 11.3 Å². The van der Waals surface area contributed by atoms with E-state index >= 15 is 0 Å². The van der Waals surface area contributed by atoms with Gasteiger partial charge in [-0.15, -0.1) is 5.10 Å². The summed E-state index contributed by atoms with van der Waals surface area (Å²) in [5, 5.41) is 17.3. The van der Waals surface area contributed by atoms with Gasteiger partial charge in [-0.2, -0.15) is 5.26 Å². The van der Waals surface area contributed by atoms with Crippen molar-refractivity contribution in [3.63, 3.8) is 0 Å². The largest absolute Gasteiger partial charge is 0.341 e. The van der Waals surface area contributed by atoms with E-state index in [1.54, 1.807) is 6.20 Å². The molecule has 6 nitrogen and oxygen atoms in total. The summed E-state index contributed by atoms with van der Waals surface area (Å²) < 4.78 is 1.83. The van der Waals surface area contributed by atoms with E-state index in [1.807, 2.05) is 15.8 Å². The topological polar surface area (TPSA) is 74.8 Å². The number of carbonyl (C=O) groups is 1. The molecule has 112 valence electrons. The van der Waals surface area contributed by atoms with Crippen LogP contribution in [0.1, 0.15) is 38.5 Å². The predicted molar refractivity (Wildman–Crippen MR) is 75.8 cm³/mol. The van der Waals surface area contributed by atoms with E-state index in [-0.39, 0.29) is 5.91 Å². The van der Waals surface area contributed by atoms with Crippen LogP contribution in [0.25, 0.3) is 0 Å². The molecule has 1 atom stereocenters. The van der Waals surface area contributed by atoms with E-state index in [9.17, 15) is 10.1 Å². The van der Waals surface area contributed by atoms with Gasteiger partial charge in [0.25, 0.3) is 0 Å². The number of hydrogen-bond acceptors (Lipinski definition) is 4. The van der Waals surface area contributed by atoms with Gasteiger partial charge in [0.15, 0.2) is 0 Å². The summed E-state index contributed by atoms with van der Waals surface area (Å²) in [5.74, 6) is 0.465. The van der Waals surface area contributed by atoms with Crippen LogP contribution in [0.3, 0.4) is 0 Å². The normalized spacial score (nSPS) is 24.7. The van der Waals surface area contributed by atoms with Gasteiger partial charge in [-0.25, -0.2) is 0 Å². The lowest BCUT2D eigenvalue weighted by Crippen LogP contribution is -2.47. The monoisotopic (exact) mass is 287 g/mol. The number of aromatic nitrogens is 3. The first-order chi connectivity index (χ1) is 10.2. The molecule has 2 heterocycles. The fourth-order valence-electron chi connectivity index (χ4n) is 3.65. The number of likely N-dealkylation sites (tertiary alicyclic amines) is 1. The Morgan fingerprint density at radius 2 is 2.19 bits per heavy atom. The van der Waals surface area contributed by atoms with Crippen LogP contribution >= 0.6 is 0 Å². The van der Waals surface area contributed by atoms with Crippen LogP contribution in [0.2, 0.25) is 0 Å².